The molecule has 1 aliphatic heterocycles. The first-order chi connectivity index (χ1) is 12.8. The summed E-state index contributed by atoms with van der Waals surface area (Å²) in [4.78, 5) is 24.1. The van der Waals surface area contributed by atoms with Crippen LogP contribution in [0.2, 0.25) is 0 Å². The molecular weight excluding hydrogens is 364 g/mol. The Bertz CT molecular complexity index is 976. The van der Waals surface area contributed by atoms with Crippen molar-refractivity contribution in [2.24, 2.45) is 0 Å². The number of Topliss-reactive ketones (excluding diaryl/α,β-unsaturated/α-hetero) is 1. The molecule has 0 aromatic heterocycles. The molecule has 0 unspecified atom stereocenters. The number of aryl methyl sites for hydroxylation is 1. The monoisotopic (exact) mass is 386 g/mol. The van der Waals surface area contributed by atoms with Crippen LogP contribution in [0.5, 0.6) is 0 Å². The van der Waals surface area contributed by atoms with Crippen molar-refractivity contribution in [2.45, 2.75) is 31.6 Å². The van der Waals surface area contributed by atoms with Crippen LogP contribution in [0.25, 0.3) is 0 Å². The molecule has 1 amide bonds. The Morgan fingerprint density at radius 2 is 1.56 bits per heavy atom. The highest BCUT2D eigenvalue weighted by molar-refractivity contribution is 7.89. The quantitative estimate of drug-likeness (QED) is 0.800. The summed E-state index contributed by atoms with van der Waals surface area (Å²) >= 11 is 0. The van der Waals surface area contributed by atoms with E-state index in [0.717, 1.165) is 12.8 Å². The number of anilines is 1. The van der Waals surface area contributed by atoms with Crippen molar-refractivity contribution in [3.05, 3.63) is 59.2 Å². The van der Waals surface area contributed by atoms with Gasteiger partial charge in [0.2, 0.25) is 10.0 Å². The molecule has 7 heteroatoms. The van der Waals surface area contributed by atoms with Gasteiger partial charge < -0.3 is 5.32 Å². The summed E-state index contributed by atoms with van der Waals surface area (Å²) in [5.74, 6) is -0.452. The van der Waals surface area contributed by atoms with Crippen LogP contribution >= 0.6 is 0 Å². The van der Waals surface area contributed by atoms with E-state index in [0.29, 0.717) is 29.9 Å². The van der Waals surface area contributed by atoms with Crippen molar-refractivity contribution < 1.29 is 18.0 Å². The highest BCUT2D eigenvalue weighted by Gasteiger charge is 2.29. The van der Waals surface area contributed by atoms with E-state index in [1.54, 1.807) is 43.3 Å². The minimum atomic E-state index is -3.60. The van der Waals surface area contributed by atoms with E-state index < -0.39 is 15.9 Å². The molecule has 27 heavy (non-hydrogen) atoms. The summed E-state index contributed by atoms with van der Waals surface area (Å²) < 4.78 is 27.2. The van der Waals surface area contributed by atoms with Crippen LogP contribution in [-0.4, -0.2) is 37.5 Å². The van der Waals surface area contributed by atoms with Gasteiger partial charge in [-0.1, -0.05) is 6.07 Å². The fraction of sp³-hybridized carbons (Fsp3) is 0.300. The third kappa shape index (κ3) is 4.09. The van der Waals surface area contributed by atoms with Crippen LogP contribution in [-0.2, 0) is 10.0 Å². The Morgan fingerprint density at radius 1 is 0.963 bits per heavy atom. The second-order valence-electron chi connectivity index (χ2n) is 6.68. The third-order valence-electron chi connectivity index (χ3n) is 4.68. The van der Waals surface area contributed by atoms with Crippen molar-refractivity contribution >= 4 is 27.4 Å². The largest absolute Gasteiger partial charge is 0.322 e. The van der Waals surface area contributed by atoms with Crippen LogP contribution in [0.4, 0.5) is 5.69 Å². The van der Waals surface area contributed by atoms with E-state index in [1.807, 2.05) is 0 Å². The summed E-state index contributed by atoms with van der Waals surface area (Å²) in [5.41, 5.74) is 1.98. The predicted octanol–water partition coefficient (Wildman–Crippen LogP) is 3.23. The first-order valence-corrected chi connectivity index (χ1v) is 10.3. The molecule has 142 valence electrons. The number of carbonyl (C=O) groups excluding carboxylic acids is 2. The third-order valence-corrected chi connectivity index (χ3v) is 6.72. The lowest BCUT2D eigenvalue weighted by atomic mass is 10.1. The average Bonchev–Trinajstić information content (AvgIpc) is 3.18. The van der Waals surface area contributed by atoms with Crippen LogP contribution in [0.3, 0.4) is 0 Å². The molecule has 0 spiro atoms. The molecule has 6 nitrogen and oxygen atoms in total. The van der Waals surface area contributed by atoms with Gasteiger partial charge in [0.15, 0.2) is 5.78 Å². The van der Waals surface area contributed by atoms with Crippen LogP contribution < -0.4 is 5.32 Å². The maximum Gasteiger partial charge on any atom is 0.255 e. The first kappa shape index (κ1) is 19.3. The van der Waals surface area contributed by atoms with Crippen molar-refractivity contribution in [2.75, 3.05) is 18.4 Å². The number of hydrogen-bond acceptors (Lipinski definition) is 4. The lowest BCUT2D eigenvalue weighted by Crippen LogP contribution is -2.28. The summed E-state index contributed by atoms with van der Waals surface area (Å²) in [5, 5.41) is 2.73. The summed E-state index contributed by atoms with van der Waals surface area (Å²) in [6.07, 6.45) is 1.71. The topological polar surface area (TPSA) is 83.5 Å². The van der Waals surface area contributed by atoms with E-state index in [4.69, 9.17) is 0 Å². The van der Waals surface area contributed by atoms with E-state index in [1.165, 1.54) is 17.3 Å². The zero-order valence-electron chi connectivity index (χ0n) is 15.4. The maximum absolute atomic E-state index is 12.9. The second kappa shape index (κ2) is 7.62. The second-order valence-corrected chi connectivity index (χ2v) is 8.59. The Balaban J connectivity index is 1.84. The number of hydrogen-bond donors (Lipinski definition) is 1. The molecule has 0 saturated carbocycles. The number of rotatable bonds is 5. The number of carbonyl (C=O) groups is 2. The van der Waals surface area contributed by atoms with Crippen LogP contribution in [0.15, 0.2) is 47.4 Å². The normalized spacial score (nSPS) is 14.9. The van der Waals surface area contributed by atoms with E-state index in [9.17, 15) is 18.0 Å². The molecule has 0 radical (unpaired) electrons. The predicted molar refractivity (Wildman–Crippen MR) is 104 cm³/mol. The molecule has 2 aromatic rings. The van der Waals surface area contributed by atoms with Crippen molar-refractivity contribution in [3.63, 3.8) is 0 Å². The van der Waals surface area contributed by atoms with Gasteiger partial charge in [-0.25, -0.2) is 8.42 Å². The fourth-order valence-electron chi connectivity index (χ4n) is 3.08. The Labute approximate surface area is 159 Å². The van der Waals surface area contributed by atoms with E-state index in [-0.39, 0.29) is 16.2 Å². The number of amides is 1. The smallest absolute Gasteiger partial charge is 0.255 e. The van der Waals surface area contributed by atoms with Gasteiger partial charge >= 0.3 is 0 Å². The Kier molecular flexibility index (Phi) is 5.43. The Hall–Kier alpha value is -2.51. The van der Waals surface area contributed by atoms with Gasteiger partial charge in [0.1, 0.15) is 0 Å². The van der Waals surface area contributed by atoms with Gasteiger partial charge in [-0.2, -0.15) is 4.31 Å². The minimum Gasteiger partial charge on any atom is -0.322 e. The highest BCUT2D eigenvalue weighted by atomic mass is 32.2. The summed E-state index contributed by atoms with van der Waals surface area (Å²) in [6.45, 7) is 4.23. The Morgan fingerprint density at radius 3 is 2.15 bits per heavy atom. The molecule has 1 saturated heterocycles. The molecule has 0 bridgehead atoms. The van der Waals surface area contributed by atoms with Crippen molar-refractivity contribution in [3.8, 4) is 0 Å². The fourth-order valence-corrected chi connectivity index (χ4v) is 4.85. The molecule has 0 atom stereocenters. The number of benzene rings is 2. The van der Waals surface area contributed by atoms with E-state index in [2.05, 4.69) is 5.32 Å². The molecule has 0 aliphatic carbocycles. The molecular formula is C20H22N2O4S. The summed E-state index contributed by atoms with van der Waals surface area (Å²) in [6, 6.07) is 11.2. The van der Waals surface area contributed by atoms with Gasteiger partial charge in [-0.15, -0.1) is 0 Å². The maximum atomic E-state index is 12.9. The number of nitrogens with zero attached hydrogens (tertiary/aromatic N) is 1. The van der Waals surface area contributed by atoms with Crippen molar-refractivity contribution in [1.29, 1.82) is 0 Å². The number of nitrogens with one attached hydrogen (secondary N) is 1. The number of ketones is 1. The molecule has 1 fully saturated rings. The molecule has 2 aromatic carbocycles. The standard InChI is InChI=1S/C20H22N2O4S/c1-14-5-6-17(13-19(14)27(25,26)22-11-3-4-12-22)20(24)21-18-9-7-16(8-10-18)15(2)23/h5-10,13H,3-4,11-12H2,1-2H3,(H,21,24). The molecule has 1 N–H and O–H groups in total. The van der Waals surface area contributed by atoms with Gasteiger partial charge in [0, 0.05) is 29.9 Å². The summed E-state index contributed by atoms with van der Waals surface area (Å²) in [7, 11) is -3.60. The zero-order valence-corrected chi connectivity index (χ0v) is 16.2. The minimum absolute atomic E-state index is 0.0526. The zero-order chi connectivity index (χ0) is 19.6. The van der Waals surface area contributed by atoms with Gasteiger partial charge in [0.25, 0.3) is 5.91 Å². The van der Waals surface area contributed by atoms with Crippen molar-refractivity contribution in [1.82, 2.24) is 4.31 Å². The van der Waals surface area contributed by atoms with Gasteiger partial charge in [-0.3, -0.25) is 9.59 Å². The van der Waals surface area contributed by atoms with Gasteiger partial charge in [0.05, 0.1) is 4.90 Å². The lowest BCUT2D eigenvalue weighted by molar-refractivity contribution is 0.101. The van der Waals surface area contributed by atoms with Crippen LogP contribution in [0, 0.1) is 6.92 Å². The van der Waals surface area contributed by atoms with Crippen LogP contribution in [0.1, 0.15) is 46.0 Å². The molecule has 1 aliphatic rings. The van der Waals surface area contributed by atoms with Gasteiger partial charge in [-0.05, 0) is 68.7 Å². The lowest BCUT2D eigenvalue weighted by Gasteiger charge is -2.18. The average molecular weight is 386 g/mol. The number of sulfonamides is 1. The molecule has 1 heterocycles. The van der Waals surface area contributed by atoms with E-state index >= 15 is 0 Å². The first-order valence-electron chi connectivity index (χ1n) is 8.82. The SMILES string of the molecule is CC(=O)c1ccc(NC(=O)c2ccc(C)c(S(=O)(=O)N3CCCC3)c2)cc1. The molecule has 3 rings (SSSR count). The highest BCUT2D eigenvalue weighted by Crippen LogP contribution is 2.25.